The van der Waals surface area contributed by atoms with E-state index in [4.69, 9.17) is 14.2 Å². The van der Waals surface area contributed by atoms with Crippen LogP contribution in [-0.4, -0.2) is 38.8 Å². The number of ether oxygens (including phenoxy) is 3. The van der Waals surface area contributed by atoms with Gasteiger partial charge in [0.2, 0.25) is 0 Å². The average Bonchev–Trinajstić information content (AvgIpc) is 2.82. The Morgan fingerprint density at radius 3 is 2.28 bits per heavy atom. The highest BCUT2D eigenvalue weighted by Crippen LogP contribution is 2.28. The zero-order valence-electron chi connectivity index (χ0n) is 18.4. The van der Waals surface area contributed by atoms with E-state index in [0.29, 0.717) is 42.4 Å². The molecule has 168 valence electrons. The van der Waals surface area contributed by atoms with E-state index in [1.165, 1.54) is 12.1 Å². The van der Waals surface area contributed by atoms with Gasteiger partial charge in [-0.25, -0.2) is 9.18 Å². The molecule has 0 fully saturated rings. The van der Waals surface area contributed by atoms with Crippen LogP contribution in [-0.2, 0) is 13.0 Å². The van der Waals surface area contributed by atoms with E-state index in [9.17, 15) is 9.18 Å². The Bertz CT molecular complexity index is 1040. The topological polar surface area (TPSA) is 60.0 Å². The van der Waals surface area contributed by atoms with Gasteiger partial charge in [-0.1, -0.05) is 24.3 Å². The summed E-state index contributed by atoms with van der Waals surface area (Å²) >= 11 is 0. The van der Waals surface area contributed by atoms with E-state index in [0.717, 1.165) is 11.1 Å². The number of amides is 2. The Morgan fingerprint density at radius 2 is 1.59 bits per heavy atom. The molecule has 0 radical (unpaired) electrons. The number of urea groups is 1. The van der Waals surface area contributed by atoms with Crippen LogP contribution in [0, 0.1) is 5.82 Å². The van der Waals surface area contributed by atoms with Gasteiger partial charge in [-0.3, -0.25) is 0 Å². The van der Waals surface area contributed by atoms with Crippen LogP contribution in [0.2, 0.25) is 0 Å². The van der Waals surface area contributed by atoms with Crippen LogP contribution in [0.4, 0.5) is 14.9 Å². The molecule has 3 aromatic rings. The van der Waals surface area contributed by atoms with E-state index in [1.807, 2.05) is 30.3 Å². The Labute approximate surface area is 187 Å². The largest absolute Gasteiger partial charge is 0.497 e. The molecule has 0 atom stereocenters. The number of halogens is 1. The first-order chi connectivity index (χ1) is 15.5. The standard InChI is InChI=1S/C25H27FN2O4/c1-30-22-6-4-5-21(16-22)27-25(29)28(17-19-7-10-20(26)11-8-19)14-13-18-9-12-23(31-2)24(15-18)32-3/h4-12,15-16H,13-14,17H2,1-3H3,(H,27,29). The summed E-state index contributed by atoms with van der Waals surface area (Å²) in [7, 11) is 4.75. The second-order valence-corrected chi connectivity index (χ2v) is 7.15. The highest BCUT2D eigenvalue weighted by molar-refractivity contribution is 5.89. The third-order valence-corrected chi connectivity index (χ3v) is 5.01. The number of hydrogen-bond donors (Lipinski definition) is 1. The minimum atomic E-state index is -0.313. The van der Waals surface area contributed by atoms with Gasteiger partial charge < -0.3 is 24.4 Å². The first-order valence-electron chi connectivity index (χ1n) is 10.2. The molecule has 3 rings (SSSR count). The summed E-state index contributed by atoms with van der Waals surface area (Å²) in [4.78, 5) is 14.8. The number of anilines is 1. The van der Waals surface area contributed by atoms with Crippen LogP contribution in [0.25, 0.3) is 0 Å². The summed E-state index contributed by atoms with van der Waals surface area (Å²) in [6.07, 6.45) is 0.604. The molecular weight excluding hydrogens is 411 g/mol. The molecule has 2 amide bonds. The van der Waals surface area contributed by atoms with E-state index >= 15 is 0 Å². The maximum atomic E-state index is 13.3. The van der Waals surface area contributed by atoms with E-state index in [2.05, 4.69) is 5.32 Å². The smallest absolute Gasteiger partial charge is 0.322 e. The lowest BCUT2D eigenvalue weighted by molar-refractivity contribution is 0.209. The number of carbonyl (C=O) groups is 1. The molecule has 0 bridgehead atoms. The minimum Gasteiger partial charge on any atom is -0.497 e. The van der Waals surface area contributed by atoms with Gasteiger partial charge >= 0.3 is 6.03 Å². The summed E-state index contributed by atoms with van der Waals surface area (Å²) in [6.45, 7) is 0.784. The normalized spacial score (nSPS) is 10.4. The monoisotopic (exact) mass is 438 g/mol. The van der Waals surface area contributed by atoms with Crippen molar-refractivity contribution in [2.75, 3.05) is 33.2 Å². The van der Waals surface area contributed by atoms with E-state index < -0.39 is 0 Å². The fraction of sp³-hybridized carbons (Fsp3) is 0.240. The molecule has 0 aliphatic rings. The fourth-order valence-corrected chi connectivity index (χ4v) is 3.27. The van der Waals surface area contributed by atoms with Crippen LogP contribution in [0.15, 0.2) is 66.7 Å². The van der Waals surface area contributed by atoms with Gasteiger partial charge in [0.05, 0.1) is 21.3 Å². The Balaban J connectivity index is 1.76. The Morgan fingerprint density at radius 1 is 0.875 bits per heavy atom. The summed E-state index contributed by atoms with van der Waals surface area (Å²) < 4.78 is 29.2. The van der Waals surface area contributed by atoms with Crippen LogP contribution in [0.3, 0.4) is 0 Å². The van der Waals surface area contributed by atoms with E-state index in [-0.39, 0.29) is 11.8 Å². The van der Waals surface area contributed by atoms with Crippen LogP contribution >= 0.6 is 0 Å². The van der Waals surface area contributed by atoms with Crippen molar-refractivity contribution in [3.05, 3.63) is 83.7 Å². The minimum absolute atomic E-state index is 0.261. The van der Waals surface area contributed by atoms with Gasteiger partial charge in [0.1, 0.15) is 11.6 Å². The molecule has 0 aliphatic carbocycles. The molecule has 0 spiro atoms. The van der Waals surface area contributed by atoms with Crippen molar-refractivity contribution in [3.8, 4) is 17.2 Å². The molecule has 0 aromatic heterocycles. The van der Waals surface area contributed by atoms with Gasteiger partial charge in [0.15, 0.2) is 11.5 Å². The number of hydrogen-bond acceptors (Lipinski definition) is 4. The molecule has 0 aliphatic heterocycles. The molecule has 3 aromatic carbocycles. The van der Waals surface area contributed by atoms with Crippen molar-refractivity contribution in [2.45, 2.75) is 13.0 Å². The van der Waals surface area contributed by atoms with Crippen molar-refractivity contribution in [2.24, 2.45) is 0 Å². The summed E-state index contributed by atoms with van der Waals surface area (Å²) in [5.41, 5.74) is 2.46. The first-order valence-corrected chi connectivity index (χ1v) is 10.2. The maximum absolute atomic E-state index is 13.3. The summed E-state index contributed by atoms with van der Waals surface area (Å²) in [5.74, 6) is 1.62. The third-order valence-electron chi connectivity index (χ3n) is 5.01. The number of methoxy groups -OCH3 is 3. The fourth-order valence-electron chi connectivity index (χ4n) is 3.27. The van der Waals surface area contributed by atoms with Gasteiger partial charge in [0, 0.05) is 24.8 Å². The molecule has 0 unspecified atom stereocenters. The second kappa shape index (κ2) is 11.0. The zero-order valence-corrected chi connectivity index (χ0v) is 18.4. The predicted molar refractivity (Wildman–Crippen MR) is 122 cm³/mol. The number of benzene rings is 3. The third kappa shape index (κ3) is 6.14. The maximum Gasteiger partial charge on any atom is 0.322 e. The lowest BCUT2D eigenvalue weighted by Gasteiger charge is -2.24. The first kappa shape index (κ1) is 22.9. The zero-order chi connectivity index (χ0) is 22.9. The number of nitrogens with zero attached hydrogens (tertiary/aromatic N) is 1. The SMILES string of the molecule is COc1cccc(NC(=O)N(CCc2ccc(OC)c(OC)c2)Cc2ccc(F)cc2)c1. The molecule has 0 saturated carbocycles. The van der Waals surface area contributed by atoms with Crippen molar-refractivity contribution in [1.82, 2.24) is 4.90 Å². The van der Waals surface area contributed by atoms with Gasteiger partial charge in [-0.05, 0) is 53.9 Å². The van der Waals surface area contributed by atoms with Crippen molar-refractivity contribution < 1.29 is 23.4 Å². The van der Waals surface area contributed by atoms with Gasteiger partial charge in [-0.2, -0.15) is 0 Å². The molecule has 7 heteroatoms. The van der Waals surface area contributed by atoms with Crippen LogP contribution < -0.4 is 19.5 Å². The van der Waals surface area contributed by atoms with Gasteiger partial charge in [0.25, 0.3) is 0 Å². The number of nitrogens with one attached hydrogen (secondary N) is 1. The molecule has 1 N–H and O–H groups in total. The molecule has 0 saturated heterocycles. The summed E-state index contributed by atoms with van der Waals surface area (Å²) in [5, 5.41) is 2.91. The molecular formula is C25H27FN2O4. The highest BCUT2D eigenvalue weighted by Gasteiger charge is 2.16. The lowest BCUT2D eigenvalue weighted by Crippen LogP contribution is -2.36. The van der Waals surface area contributed by atoms with Crippen molar-refractivity contribution >= 4 is 11.7 Å². The number of rotatable bonds is 9. The average molecular weight is 438 g/mol. The Kier molecular flexibility index (Phi) is 7.91. The van der Waals surface area contributed by atoms with Crippen molar-refractivity contribution in [3.63, 3.8) is 0 Å². The quantitative estimate of drug-likeness (QED) is 0.503. The molecule has 0 heterocycles. The highest BCUT2D eigenvalue weighted by atomic mass is 19.1. The second-order valence-electron chi connectivity index (χ2n) is 7.15. The lowest BCUT2D eigenvalue weighted by atomic mass is 10.1. The predicted octanol–water partition coefficient (Wildman–Crippen LogP) is 5.13. The number of carbonyl (C=O) groups excluding carboxylic acids is 1. The van der Waals surface area contributed by atoms with Gasteiger partial charge in [-0.15, -0.1) is 0 Å². The summed E-state index contributed by atoms with van der Waals surface area (Å²) in [6, 6.07) is 18.7. The van der Waals surface area contributed by atoms with Crippen LogP contribution in [0.1, 0.15) is 11.1 Å². The van der Waals surface area contributed by atoms with Crippen molar-refractivity contribution in [1.29, 1.82) is 0 Å². The molecule has 32 heavy (non-hydrogen) atoms. The molecule has 6 nitrogen and oxygen atoms in total. The Hall–Kier alpha value is -3.74. The van der Waals surface area contributed by atoms with E-state index in [1.54, 1.807) is 50.5 Å². The van der Waals surface area contributed by atoms with Crippen LogP contribution in [0.5, 0.6) is 17.2 Å².